The number of nitrogens with one attached hydrogen (secondary N) is 1. The van der Waals surface area contributed by atoms with Gasteiger partial charge in [0.25, 0.3) is 11.8 Å². The minimum atomic E-state index is -0.480. The number of thioether (sulfide) groups is 1. The summed E-state index contributed by atoms with van der Waals surface area (Å²) in [4.78, 5) is 29.2. The summed E-state index contributed by atoms with van der Waals surface area (Å²) in [5.74, 6) is -0.538. The SMILES string of the molecule is Cc1ccc(SC2=C(Nc3ccc(C(C)C)cc3)C(=O)N(c3cc(Cl)ccc3Cl)C2=O)cc1. The zero-order valence-corrected chi connectivity index (χ0v) is 20.7. The van der Waals surface area contributed by atoms with E-state index < -0.39 is 11.8 Å². The van der Waals surface area contributed by atoms with Gasteiger partial charge in [0.05, 0.1) is 10.7 Å². The van der Waals surface area contributed by atoms with Crippen molar-refractivity contribution in [3.05, 3.63) is 98.5 Å². The predicted octanol–water partition coefficient (Wildman–Crippen LogP) is 7.41. The van der Waals surface area contributed by atoms with Crippen LogP contribution in [0.15, 0.2) is 82.2 Å². The van der Waals surface area contributed by atoms with Gasteiger partial charge < -0.3 is 5.32 Å². The Morgan fingerprint density at radius 2 is 1.55 bits per heavy atom. The second-order valence-electron chi connectivity index (χ2n) is 8.06. The molecule has 0 atom stereocenters. The number of hydrogen-bond acceptors (Lipinski definition) is 4. The van der Waals surface area contributed by atoms with Gasteiger partial charge in [-0.15, -0.1) is 0 Å². The lowest BCUT2D eigenvalue weighted by Gasteiger charge is -2.17. The van der Waals surface area contributed by atoms with Gasteiger partial charge in [0, 0.05) is 15.6 Å². The molecule has 0 unspecified atom stereocenters. The fourth-order valence-corrected chi connectivity index (χ4v) is 4.71. The van der Waals surface area contributed by atoms with Crippen LogP contribution in [0.5, 0.6) is 0 Å². The number of imide groups is 1. The molecule has 3 aromatic carbocycles. The number of amides is 2. The summed E-state index contributed by atoms with van der Waals surface area (Å²) < 4.78 is 0. The summed E-state index contributed by atoms with van der Waals surface area (Å²) in [7, 11) is 0. The third-order valence-electron chi connectivity index (χ3n) is 5.28. The average molecular weight is 497 g/mol. The van der Waals surface area contributed by atoms with Crippen LogP contribution in [0.2, 0.25) is 10.0 Å². The molecule has 3 aromatic rings. The first-order valence-corrected chi connectivity index (χ1v) is 12.0. The first-order chi connectivity index (χ1) is 15.7. The van der Waals surface area contributed by atoms with Crippen LogP contribution in [-0.4, -0.2) is 11.8 Å². The minimum Gasteiger partial charge on any atom is -0.350 e. The maximum atomic E-state index is 13.5. The molecule has 0 aliphatic carbocycles. The van der Waals surface area contributed by atoms with Gasteiger partial charge in [-0.25, -0.2) is 4.90 Å². The monoisotopic (exact) mass is 496 g/mol. The van der Waals surface area contributed by atoms with Crippen molar-refractivity contribution in [1.29, 1.82) is 0 Å². The summed E-state index contributed by atoms with van der Waals surface area (Å²) in [6.45, 7) is 6.23. The van der Waals surface area contributed by atoms with E-state index in [-0.39, 0.29) is 16.4 Å². The number of aryl methyl sites for hydroxylation is 1. The van der Waals surface area contributed by atoms with Crippen molar-refractivity contribution < 1.29 is 9.59 Å². The number of carbonyl (C=O) groups is 2. The molecule has 33 heavy (non-hydrogen) atoms. The van der Waals surface area contributed by atoms with Gasteiger partial charge in [-0.2, -0.15) is 0 Å². The van der Waals surface area contributed by atoms with Crippen molar-refractivity contribution in [2.45, 2.75) is 31.6 Å². The highest BCUT2D eigenvalue weighted by Crippen LogP contribution is 2.40. The first kappa shape index (κ1) is 23.4. The molecule has 0 bridgehead atoms. The molecule has 0 fully saturated rings. The molecule has 2 amide bonds. The summed E-state index contributed by atoms with van der Waals surface area (Å²) >= 11 is 13.7. The van der Waals surface area contributed by atoms with E-state index in [0.717, 1.165) is 21.0 Å². The maximum absolute atomic E-state index is 13.5. The highest BCUT2D eigenvalue weighted by Gasteiger charge is 2.41. The fraction of sp³-hybridized carbons (Fsp3) is 0.154. The van der Waals surface area contributed by atoms with Gasteiger partial charge in [0.1, 0.15) is 10.6 Å². The van der Waals surface area contributed by atoms with Crippen molar-refractivity contribution >= 4 is 58.2 Å². The molecule has 4 nitrogen and oxygen atoms in total. The molecule has 0 saturated carbocycles. The molecule has 1 aliphatic rings. The Kier molecular flexibility index (Phi) is 6.84. The van der Waals surface area contributed by atoms with E-state index >= 15 is 0 Å². The molecule has 0 aromatic heterocycles. The van der Waals surface area contributed by atoms with Crippen LogP contribution in [0.1, 0.15) is 30.9 Å². The Bertz CT molecular complexity index is 1250. The molecule has 1 heterocycles. The largest absolute Gasteiger partial charge is 0.350 e. The van der Waals surface area contributed by atoms with Crippen LogP contribution in [0.25, 0.3) is 0 Å². The number of carbonyl (C=O) groups excluding carboxylic acids is 2. The lowest BCUT2D eigenvalue weighted by molar-refractivity contribution is -0.120. The summed E-state index contributed by atoms with van der Waals surface area (Å²) in [6.07, 6.45) is 0. The maximum Gasteiger partial charge on any atom is 0.283 e. The highest BCUT2D eigenvalue weighted by atomic mass is 35.5. The van der Waals surface area contributed by atoms with Gasteiger partial charge in [0.15, 0.2) is 0 Å². The minimum absolute atomic E-state index is 0.207. The molecule has 1 N–H and O–H groups in total. The third-order valence-corrected chi connectivity index (χ3v) is 6.92. The fourth-order valence-electron chi connectivity index (χ4n) is 3.41. The van der Waals surface area contributed by atoms with E-state index in [4.69, 9.17) is 23.2 Å². The molecular formula is C26H22Cl2N2O2S. The number of nitrogens with zero attached hydrogens (tertiary/aromatic N) is 1. The number of halogens is 2. The standard InChI is InChI=1S/C26H22Cl2N2O2S/c1-15(2)17-6-9-19(10-7-17)29-23-24(33-20-11-4-16(3)5-12-20)26(32)30(25(23)31)22-14-18(27)8-13-21(22)28/h4-15,29H,1-3H3. The lowest BCUT2D eigenvalue weighted by atomic mass is 10.0. The van der Waals surface area contributed by atoms with Crippen molar-refractivity contribution in [3.63, 3.8) is 0 Å². The third kappa shape index (κ3) is 4.96. The quantitative estimate of drug-likeness (QED) is 0.360. The summed E-state index contributed by atoms with van der Waals surface area (Å²) in [5.41, 5.74) is 3.48. The molecule has 0 radical (unpaired) electrons. The summed E-state index contributed by atoms with van der Waals surface area (Å²) in [6, 6.07) is 20.3. The highest BCUT2D eigenvalue weighted by molar-refractivity contribution is 8.04. The van der Waals surface area contributed by atoms with Crippen LogP contribution in [-0.2, 0) is 9.59 Å². The lowest BCUT2D eigenvalue weighted by Crippen LogP contribution is -2.32. The number of anilines is 2. The van der Waals surface area contributed by atoms with Gasteiger partial charge in [-0.1, -0.05) is 78.6 Å². The van der Waals surface area contributed by atoms with Crippen LogP contribution < -0.4 is 10.2 Å². The molecule has 0 spiro atoms. The molecule has 7 heteroatoms. The van der Waals surface area contributed by atoms with Gasteiger partial charge in [0.2, 0.25) is 0 Å². The zero-order valence-electron chi connectivity index (χ0n) is 18.4. The Morgan fingerprint density at radius 1 is 0.879 bits per heavy atom. The molecule has 1 aliphatic heterocycles. The molecule has 4 rings (SSSR count). The Hall–Kier alpha value is -2.73. The number of hydrogen-bond donors (Lipinski definition) is 1. The van der Waals surface area contributed by atoms with Crippen LogP contribution in [0.4, 0.5) is 11.4 Å². The first-order valence-electron chi connectivity index (χ1n) is 10.4. The van der Waals surface area contributed by atoms with Crippen molar-refractivity contribution in [3.8, 4) is 0 Å². The Balaban J connectivity index is 1.74. The van der Waals surface area contributed by atoms with Crippen molar-refractivity contribution in [2.75, 3.05) is 10.2 Å². The molecule has 168 valence electrons. The molecule has 0 saturated heterocycles. The summed E-state index contributed by atoms with van der Waals surface area (Å²) in [5, 5.41) is 3.82. The zero-order chi connectivity index (χ0) is 23.7. The Morgan fingerprint density at radius 3 is 2.18 bits per heavy atom. The smallest absolute Gasteiger partial charge is 0.283 e. The topological polar surface area (TPSA) is 49.4 Å². The Labute approximate surface area is 207 Å². The van der Waals surface area contributed by atoms with Crippen LogP contribution in [0.3, 0.4) is 0 Å². The van der Waals surface area contributed by atoms with E-state index in [0.29, 0.717) is 15.8 Å². The second-order valence-corrected chi connectivity index (χ2v) is 9.99. The number of rotatable bonds is 6. The molecular weight excluding hydrogens is 475 g/mol. The average Bonchev–Trinajstić information content (AvgIpc) is 3.01. The van der Waals surface area contributed by atoms with E-state index in [1.807, 2.05) is 55.5 Å². The van der Waals surface area contributed by atoms with E-state index in [2.05, 4.69) is 19.2 Å². The van der Waals surface area contributed by atoms with Gasteiger partial charge >= 0.3 is 0 Å². The van der Waals surface area contributed by atoms with E-state index in [9.17, 15) is 9.59 Å². The van der Waals surface area contributed by atoms with Crippen LogP contribution in [0, 0.1) is 6.92 Å². The second kappa shape index (κ2) is 9.64. The number of benzene rings is 3. The van der Waals surface area contributed by atoms with E-state index in [1.54, 1.807) is 12.1 Å². The predicted molar refractivity (Wildman–Crippen MR) is 137 cm³/mol. The van der Waals surface area contributed by atoms with Crippen molar-refractivity contribution in [1.82, 2.24) is 0 Å². The van der Waals surface area contributed by atoms with Gasteiger partial charge in [-0.3, -0.25) is 9.59 Å². The van der Waals surface area contributed by atoms with E-state index in [1.165, 1.54) is 23.4 Å². The van der Waals surface area contributed by atoms with Gasteiger partial charge in [-0.05, 0) is 60.9 Å². The van der Waals surface area contributed by atoms with Crippen LogP contribution >= 0.6 is 35.0 Å². The van der Waals surface area contributed by atoms with Crippen molar-refractivity contribution in [2.24, 2.45) is 0 Å². The normalized spacial score (nSPS) is 13.9.